The molecule has 0 saturated heterocycles. The summed E-state index contributed by atoms with van der Waals surface area (Å²) in [5.41, 5.74) is 0.502. The zero-order chi connectivity index (χ0) is 14.7. The first-order valence-corrected chi connectivity index (χ1v) is 6.58. The lowest BCUT2D eigenvalue weighted by molar-refractivity contribution is -0.385. The first-order valence-electron chi connectivity index (χ1n) is 6.20. The largest absolute Gasteiger partial charge is 0.465 e. The molecule has 6 heteroatoms. The first kappa shape index (κ1) is 14.6. The highest BCUT2D eigenvalue weighted by Crippen LogP contribution is 2.27. The smallest absolute Gasteiger partial charge is 0.275 e. The summed E-state index contributed by atoms with van der Waals surface area (Å²) in [6.07, 6.45) is 0. The van der Waals surface area contributed by atoms with E-state index in [0.717, 1.165) is 11.5 Å². The van der Waals surface area contributed by atoms with E-state index in [4.69, 9.17) is 16.0 Å². The molecule has 1 aromatic carbocycles. The Morgan fingerprint density at radius 3 is 2.75 bits per heavy atom. The van der Waals surface area contributed by atoms with Crippen LogP contribution in [0.1, 0.15) is 30.0 Å². The Bertz CT molecular complexity index is 625. The van der Waals surface area contributed by atoms with Crippen molar-refractivity contribution in [1.82, 2.24) is 5.32 Å². The minimum Gasteiger partial charge on any atom is -0.465 e. The molecule has 0 fully saturated rings. The number of nitrogens with one attached hydrogen (secondary N) is 1. The van der Waals surface area contributed by atoms with Crippen LogP contribution in [0.2, 0.25) is 5.02 Å². The van der Waals surface area contributed by atoms with Crippen molar-refractivity contribution in [2.24, 2.45) is 0 Å². The quantitative estimate of drug-likeness (QED) is 0.668. The van der Waals surface area contributed by atoms with Crippen LogP contribution in [-0.2, 0) is 6.54 Å². The van der Waals surface area contributed by atoms with Crippen LogP contribution in [0.4, 0.5) is 5.69 Å². The number of rotatable bonds is 5. The molecule has 2 rings (SSSR count). The van der Waals surface area contributed by atoms with Crippen molar-refractivity contribution in [2.45, 2.75) is 26.4 Å². The van der Waals surface area contributed by atoms with Gasteiger partial charge in [-0.05, 0) is 32.0 Å². The topological polar surface area (TPSA) is 68.3 Å². The summed E-state index contributed by atoms with van der Waals surface area (Å²) in [4.78, 5) is 10.6. The molecule has 2 aromatic rings. The van der Waals surface area contributed by atoms with Crippen molar-refractivity contribution in [2.75, 3.05) is 0 Å². The molecule has 1 unspecified atom stereocenters. The van der Waals surface area contributed by atoms with Crippen LogP contribution in [0.25, 0.3) is 0 Å². The second-order valence-corrected chi connectivity index (χ2v) is 4.95. The monoisotopic (exact) mass is 294 g/mol. The van der Waals surface area contributed by atoms with Gasteiger partial charge in [-0.3, -0.25) is 10.1 Å². The Morgan fingerprint density at radius 2 is 2.15 bits per heavy atom. The minimum atomic E-state index is -0.426. The number of aryl methyl sites for hydroxylation is 1. The molecule has 106 valence electrons. The van der Waals surface area contributed by atoms with Crippen LogP contribution in [0.3, 0.4) is 0 Å². The van der Waals surface area contributed by atoms with Gasteiger partial charge in [0, 0.05) is 12.6 Å². The fourth-order valence-corrected chi connectivity index (χ4v) is 2.17. The number of furan rings is 1. The average Bonchev–Trinajstić information content (AvgIpc) is 2.83. The van der Waals surface area contributed by atoms with Crippen LogP contribution in [0.5, 0.6) is 0 Å². The summed E-state index contributed by atoms with van der Waals surface area (Å²) < 4.78 is 5.51. The van der Waals surface area contributed by atoms with Gasteiger partial charge in [0.2, 0.25) is 0 Å². The summed E-state index contributed by atoms with van der Waals surface area (Å²) >= 11 is 6.04. The van der Waals surface area contributed by atoms with E-state index >= 15 is 0 Å². The number of nitro groups is 1. The lowest BCUT2D eigenvalue weighted by Crippen LogP contribution is -2.18. The summed E-state index contributed by atoms with van der Waals surface area (Å²) in [7, 11) is 0. The maximum absolute atomic E-state index is 11.0. The molecule has 0 aliphatic rings. The highest BCUT2D eigenvalue weighted by molar-refractivity contribution is 6.31. The lowest BCUT2D eigenvalue weighted by atomic mass is 10.1. The molecular formula is C14H15ClN2O3. The Balaban J connectivity index is 2.13. The zero-order valence-electron chi connectivity index (χ0n) is 11.2. The number of benzene rings is 1. The van der Waals surface area contributed by atoms with Crippen molar-refractivity contribution >= 4 is 17.3 Å². The van der Waals surface area contributed by atoms with E-state index in [1.54, 1.807) is 12.1 Å². The van der Waals surface area contributed by atoms with E-state index in [2.05, 4.69) is 5.32 Å². The van der Waals surface area contributed by atoms with Gasteiger partial charge in [0.05, 0.1) is 21.6 Å². The Labute approximate surface area is 121 Å². The second-order valence-electron chi connectivity index (χ2n) is 4.55. The average molecular weight is 295 g/mol. The third-order valence-corrected chi connectivity index (χ3v) is 3.42. The third-order valence-electron chi connectivity index (χ3n) is 3.06. The van der Waals surface area contributed by atoms with E-state index in [1.165, 1.54) is 6.07 Å². The van der Waals surface area contributed by atoms with Crippen molar-refractivity contribution in [3.63, 3.8) is 0 Å². The maximum atomic E-state index is 11.0. The van der Waals surface area contributed by atoms with Gasteiger partial charge < -0.3 is 9.73 Å². The predicted octanol–water partition coefficient (Wildman–Crippen LogP) is 4.00. The number of hydrogen-bond acceptors (Lipinski definition) is 4. The first-order chi connectivity index (χ1) is 9.49. The molecule has 0 spiro atoms. The molecule has 1 N–H and O–H groups in total. The molecule has 0 amide bonds. The van der Waals surface area contributed by atoms with Crippen molar-refractivity contribution in [3.05, 3.63) is 62.6 Å². The Morgan fingerprint density at radius 1 is 1.40 bits per heavy atom. The van der Waals surface area contributed by atoms with Gasteiger partial charge in [-0.25, -0.2) is 0 Å². The highest BCUT2D eigenvalue weighted by atomic mass is 35.5. The molecule has 0 saturated carbocycles. The fourth-order valence-electron chi connectivity index (χ4n) is 1.94. The minimum absolute atomic E-state index is 0.0211. The standard InChI is InChI=1S/C14H15ClN2O3/c1-9-6-7-14(20-9)10(2)16-8-11-12(15)4-3-5-13(11)17(18)19/h3-7,10,16H,8H2,1-2H3. The molecule has 0 radical (unpaired) electrons. The molecule has 1 heterocycles. The molecule has 1 aromatic heterocycles. The predicted molar refractivity (Wildman–Crippen MR) is 76.8 cm³/mol. The van der Waals surface area contributed by atoms with Gasteiger partial charge >= 0.3 is 0 Å². The van der Waals surface area contributed by atoms with Gasteiger partial charge in [-0.15, -0.1) is 0 Å². The summed E-state index contributed by atoms with van der Waals surface area (Å²) in [6, 6.07) is 8.38. The lowest BCUT2D eigenvalue weighted by Gasteiger charge is -2.12. The fraction of sp³-hybridized carbons (Fsp3) is 0.286. The van der Waals surface area contributed by atoms with Gasteiger partial charge in [0.1, 0.15) is 11.5 Å². The van der Waals surface area contributed by atoms with Crippen molar-refractivity contribution in [1.29, 1.82) is 0 Å². The van der Waals surface area contributed by atoms with E-state index in [0.29, 0.717) is 17.1 Å². The van der Waals surface area contributed by atoms with Crippen molar-refractivity contribution in [3.8, 4) is 0 Å². The van der Waals surface area contributed by atoms with E-state index in [-0.39, 0.29) is 11.7 Å². The Kier molecular flexibility index (Phi) is 4.42. The SMILES string of the molecule is Cc1ccc(C(C)NCc2c(Cl)cccc2[N+](=O)[O-])o1. The summed E-state index contributed by atoms with van der Waals surface area (Å²) in [6.45, 7) is 4.10. The van der Waals surface area contributed by atoms with Gasteiger partial charge in [-0.1, -0.05) is 17.7 Å². The van der Waals surface area contributed by atoms with Crippen LogP contribution >= 0.6 is 11.6 Å². The molecule has 0 bridgehead atoms. The number of nitro benzene ring substituents is 1. The zero-order valence-corrected chi connectivity index (χ0v) is 12.0. The van der Waals surface area contributed by atoms with E-state index in [9.17, 15) is 10.1 Å². The molecule has 0 aliphatic heterocycles. The van der Waals surface area contributed by atoms with Crippen LogP contribution in [0, 0.1) is 17.0 Å². The summed E-state index contributed by atoms with van der Waals surface area (Å²) in [5, 5.41) is 14.6. The van der Waals surface area contributed by atoms with Crippen LogP contribution in [-0.4, -0.2) is 4.92 Å². The highest BCUT2D eigenvalue weighted by Gasteiger charge is 2.18. The van der Waals surface area contributed by atoms with E-state index in [1.807, 2.05) is 26.0 Å². The molecular weight excluding hydrogens is 280 g/mol. The summed E-state index contributed by atoms with van der Waals surface area (Å²) in [5.74, 6) is 1.62. The molecule has 20 heavy (non-hydrogen) atoms. The van der Waals surface area contributed by atoms with Gasteiger partial charge in [-0.2, -0.15) is 0 Å². The number of nitrogens with zero attached hydrogens (tertiary/aromatic N) is 1. The molecule has 1 atom stereocenters. The second kappa shape index (κ2) is 6.07. The number of halogens is 1. The van der Waals surface area contributed by atoms with Crippen molar-refractivity contribution < 1.29 is 9.34 Å². The van der Waals surface area contributed by atoms with Gasteiger partial charge in [0.15, 0.2) is 0 Å². The number of hydrogen-bond donors (Lipinski definition) is 1. The molecule has 0 aliphatic carbocycles. The maximum Gasteiger partial charge on any atom is 0.275 e. The normalized spacial score (nSPS) is 12.3. The van der Waals surface area contributed by atoms with Crippen LogP contribution in [0.15, 0.2) is 34.7 Å². The Hall–Kier alpha value is -1.85. The van der Waals surface area contributed by atoms with E-state index < -0.39 is 4.92 Å². The molecule has 5 nitrogen and oxygen atoms in total. The third kappa shape index (κ3) is 3.18. The van der Waals surface area contributed by atoms with Gasteiger partial charge in [0.25, 0.3) is 5.69 Å². The van der Waals surface area contributed by atoms with Crippen LogP contribution < -0.4 is 5.32 Å².